The molecule has 0 aliphatic rings. The van der Waals surface area contributed by atoms with Crippen molar-refractivity contribution < 1.29 is 8.83 Å². The van der Waals surface area contributed by atoms with E-state index in [1.54, 1.807) is 0 Å². The summed E-state index contributed by atoms with van der Waals surface area (Å²) in [6.07, 6.45) is 4.46. The van der Waals surface area contributed by atoms with E-state index in [4.69, 9.17) is 8.83 Å². The summed E-state index contributed by atoms with van der Waals surface area (Å²) in [5.74, 6) is 0. The largest absolute Gasteiger partial charge is 0.456 e. The van der Waals surface area contributed by atoms with Gasteiger partial charge in [-0.05, 0) is 83.9 Å². The van der Waals surface area contributed by atoms with Gasteiger partial charge in [0.2, 0.25) is 0 Å². The van der Waals surface area contributed by atoms with Gasteiger partial charge in [-0.1, -0.05) is 109 Å². The maximum atomic E-state index is 6.28. The van der Waals surface area contributed by atoms with E-state index in [0.29, 0.717) is 0 Å². The van der Waals surface area contributed by atoms with Gasteiger partial charge in [-0.25, -0.2) is 0 Å². The first-order chi connectivity index (χ1) is 26.8. The molecule has 4 nitrogen and oxygen atoms in total. The highest BCUT2D eigenvalue weighted by molar-refractivity contribution is 6.16. The Bertz CT molecular complexity index is 3280. The lowest BCUT2D eigenvalue weighted by atomic mass is 10.1. The number of hydrogen-bond acceptors (Lipinski definition) is 2. The molecule has 0 radical (unpaired) electrons. The Morgan fingerprint density at radius 3 is 1.19 bits per heavy atom. The van der Waals surface area contributed by atoms with Crippen molar-refractivity contribution in [3.63, 3.8) is 0 Å². The molecule has 0 bridgehead atoms. The van der Waals surface area contributed by atoms with Crippen molar-refractivity contribution in [1.82, 2.24) is 9.13 Å². The van der Waals surface area contributed by atoms with Crippen molar-refractivity contribution in [2.75, 3.05) is 0 Å². The van der Waals surface area contributed by atoms with Crippen molar-refractivity contribution in [3.8, 4) is 11.4 Å². The van der Waals surface area contributed by atoms with Crippen LogP contribution in [0, 0.1) is 0 Å². The topological polar surface area (TPSA) is 36.1 Å². The third-order valence-corrected chi connectivity index (χ3v) is 11.1. The minimum absolute atomic E-state index is 0.895. The third kappa shape index (κ3) is 4.13. The van der Waals surface area contributed by atoms with E-state index in [9.17, 15) is 0 Å². The summed E-state index contributed by atoms with van der Waals surface area (Å²) in [7, 11) is 0. The molecule has 0 amide bonds. The molecule has 0 atom stereocenters. The number of nitrogens with zero attached hydrogens (tertiary/aromatic N) is 2. The van der Waals surface area contributed by atoms with Crippen LogP contribution in [0.5, 0.6) is 0 Å². The van der Waals surface area contributed by atoms with E-state index in [-0.39, 0.29) is 0 Å². The predicted octanol–water partition coefficient (Wildman–Crippen LogP) is 13.8. The summed E-state index contributed by atoms with van der Waals surface area (Å²) in [4.78, 5) is 0. The Morgan fingerprint density at radius 1 is 0.315 bits per heavy atom. The molecule has 0 N–H and O–H groups in total. The zero-order valence-electron chi connectivity index (χ0n) is 29.0. The maximum Gasteiger partial charge on any atom is 0.137 e. The molecule has 12 rings (SSSR count). The van der Waals surface area contributed by atoms with Gasteiger partial charge in [-0.15, -0.1) is 0 Å². The summed E-state index contributed by atoms with van der Waals surface area (Å²) < 4.78 is 17.3. The summed E-state index contributed by atoms with van der Waals surface area (Å²) in [5, 5.41) is 9.40. The fourth-order valence-electron chi connectivity index (χ4n) is 8.78. The first kappa shape index (κ1) is 29.3. The lowest BCUT2D eigenvalue weighted by molar-refractivity contribution is 0.668. The lowest BCUT2D eigenvalue weighted by Gasteiger charge is -2.10. The van der Waals surface area contributed by atoms with Gasteiger partial charge in [0.05, 0.1) is 44.2 Å². The van der Waals surface area contributed by atoms with Crippen molar-refractivity contribution in [1.29, 1.82) is 0 Å². The van der Waals surface area contributed by atoms with E-state index in [1.807, 2.05) is 24.3 Å². The van der Waals surface area contributed by atoms with E-state index in [2.05, 4.69) is 167 Å². The molecule has 0 spiro atoms. The molecule has 12 aromatic rings. The molecule has 0 unspecified atom stereocenters. The molecule has 0 aliphatic carbocycles. The van der Waals surface area contributed by atoms with E-state index < -0.39 is 0 Å². The van der Waals surface area contributed by atoms with Crippen LogP contribution in [-0.4, -0.2) is 9.13 Å². The smallest absolute Gasteiger partial charge is 0.137 e. The zero-order valence-corrected chi connectivity index (χ0v) is 29.0. The summed E-state index contributed by atoms with van der Waals surface area (Å²) in [6.45, 7) is 0. The average molecular weight is 691 g/mol. The number of para-hydroxylation sites is 4. The average Bonchev–Trinajstić information content (AvgIpc) is 3.97. The number of hydrogen-bond donors (Lipinski definition) is 0. The van der Waals surface area contributed by atoms with E-state index in [0.717, 1.165) is 66.4 Å². The third-order valence-electron chi connectivity index (χ3n) is 11.1. The molecule has 4 heteroatoms. The van der Waals surface area contributed by atoms with Gasteiger partial charge in [-0.3, -0.25) is 0 Å². The monoisotopic (exact) mass is 690 g/mol. The zero-order chi connectivity index (χ0) is 35.3. The second kappa shape index (κ2) is 11.1. The second-order valence-electron chi connectivity index (χ2n) is 14.1. The van der Waals surface area contributed by atoms with Gasteiger partial charge in [-0.2, -0.15) is 0 Å². The first-order valence-corrected chi connectivity index (χ1v) is 18.3. The highest BCUT2D eigenvalue weighted by atomic mass is 16.3. The van der Waals surface area contributed by atoms with Crippen LogP contribution in [0.25, 0.3) is 111 Å². The molecule has 8 aromatic carbocycles. The Kier molecular flexibility index (Phi) is 6.02. The van der Waals surface area contributed by atoms with Gasteiger partial charge in [0.15, 0.2) is 0 Å². The summed E-state index contributed by atoms with van der Waals surface area (Å²) in [6, 6.07) is 60.3. The normalized spacial score (nSPS) is 12.4. The molecule has 252 valence electrons. The van der Waals surface area contributed by atoms with Gasteiger partial charge in [0.25, 0.3) is 0 Å². The van der Waals surface area contributed by atoms with Crippen LogP contribution in [0.2, 0.25) is 0 Å². The molecule has 0 fully saturated rings. The lowest BCUT2D eigenvalue weighted by Crippen LogP contribution is -1.94. The predicted molar refractivity (Wildman–Crippen MR) is 225 cm³/mol. The van der Waals surface area contributed by atoms with Crippen LogP contribution in [0.15, 0.2) is 179 Å². The summed E-state index contributed by atoms with van der Waals surface area (Å²) >= 11 is 0. The Balaban J connectivity index is 0.989. The van der Waals surface area contributed by atoms with Gasteiger partial charge >= 0.3 is 0 Å². The standard InChI is InChI=1S/C50H30N2O2/c1-5-15-39-33(11-1)37-29-31(25-27-41(37)51(39)43-17-9-21-47-49(43)35-13-3-7-19-45(35)53-47)23-24-32-26-28-42-38(30-32)34-12-2-6-16-40(34)52(42)44-18-10-22-48-50(44)36-14-4-8-20-46(36)54-48/h1-30H. The fourth-order valence-corrected chi connectivity index (χ4v) is 8.78. The van der Waals surface area contributed by atoms with Crippen LogP contribution in [0.3, 0.4) is 0 Å². The van der Waals surface area contributed by atoms with Crippen LogP contribution in [0.4, 0.5) is 0 Å². The summed E-state index contributed by atoms with van der Waals surface area (Å²) in [5.41, 5.74) is 12.8. The second-order valence-corrected chi connectivity index (χ2v) is 14.1. The highest BCUT2D eigenvalue weighted by Crippen LogP contribution is 2.41. The van der Waals surface area contributed by atoms with Crippen molar-refractivity contribution in [2.45, 2.75) is 0 Å². The number of rotatable bonds is 4. The molecular weight excluding hydrogens is 661 g/mol. The number of benzene rings is 8. The van der Waals surface area contributed by atoms with Crippen LogP contribution in [0.1, 0.15) is 11.1 Å². The first-order valence-electron chi connectivity index (χ1n) is 18.3. The van der Waals surface area contributed by atoms with Gasteiger partial charge in [0.1, 0.15) is 22.3 Å². The molecule has 0 saturated carbocycles. The van der Waals surface area contributed by atoms with Gasteiger partial charge < -0.3 is 18.0 Å². The van der Waals surface area contributed by atoms with E-state index >= 15 is 0 Å². The maximum absolute atomic E-state index is 6.28. The minimum Gasteiger partial charge on any atom is -0.456 e. The fraction of sp³-hybridized carbons (Fsp3) is 0. The van der Waals surface area contributed by atoms with Crippen LogP contribution in [-0.2, 0) is 0 Å². The van der Waals surface area contributed by atoms with Crippen molar-refractivity contribution in [3.05, 3.63) is 181 Å². The Morgan fingerprint density at radius 2 is 0.704 bits per heavy atom. The van der Waals surface area contributed by atoms with Crippen LogP contribution < -0.4 is 0 Å². The minimum atomic E-state index is 0.895. The van der Waals surface area contributed by atoms with Gasteiger partial charge in [0, 0.05) is 32.3 Å². The van der Waals surface area contributed by atoms with E-state index in [1.165, 1.54) is 43.6 Å². The molecule has 54 heavy (non-hydrogen) atoms. The number of fused-ring (bicyclic) bond motifs is 12. The Hall–Kier alpha value is -7.30. The molecular formula is C50H30N2O2. The molecule has 4 aromatic heterocycles. The number of furan rings is 2. The molecule has 0 saturated heterocycles. The highest BCUT2D eigenvalue weighted by Gasteiger charge is 2.19. The quantitative estimate of drug-likeness (QED) is 0.172. The number of aromatic nitrogens is 2. The molecule has 4 heterocycles. The van der Waals surface area contributed by atoms with Crippen molar-refractivity contribution in [2.24, 2.45) is 0 Å². The molecule has 0 aliphatic heterocycles. The Labute approximate surface area is 309 Å². The van der Waals surface area contributed by atoms with Crippen LogP contribution >= 0.6 is 0 Å². The van der Waals surface area contributed by atoms with Crippen molar-refractivity contribution >= 4 is 99.6 Å². The SMILES string of the molecule is C(=Cc1ccc2c(c1)c1ccccc1n2-c1cccc2oc3ccccc3c12)c1ccc2c(c1)c1ccccc1n2-c1cccc2oc3ccccc3c12.